The second kappa shape index (κ2) is 8.98. The van der Waals surface area contributed by atoms with Crippen LogP contribution in [0.5, 0.6) is 0 Å². The fraction of sp³-hybridized carbons (Fsp3) is 0.278. The molecule has 0 bridgehead atoms. The summed E-state index contributed by atoms with van der Waals surface area (Å²) >= 11 is 0. The van der Waals surface area contributed by atoms with Gasteiger partial charge in [-0.05, 0) is 30.0 Å². The molecule has 0 radical (unpaired) electrons. The number of hydrogen-bond donors (Lipinski definition) is 3. The van der Waals surface area contributed by atoms with E-state index in [0.717, 1.165) is 11.6 Å². The third-order valence-corrected chi connectivity index (χ3v) is 3.62. The molecule has 1 atom stereocenters. The molecule has 0 spiro atoms. The number of urea groups is 1. The highest BCUT2D eigenvalue weighted by Gasteiger charge is 2.13. The predicted octanol–water partition coefficient (Wildman–Crippen LogP) is 2.93. The molecule has 3 N–H and O–H groups in total. The summed E-state index contributed by atoms with van der Waals surface area (Å²) in [7, 11) is 0. The van der Waals surface area contributed by atoms with Crippen molar-refractivity contribution >= 4 is 6.03 Å². The highest BCUT2D eigenvalue weighted by atomic mass is 19.1. The van der Waals surface area contributed by atoms with E-state index in [1.807, 2.05) is 30.3 Å². The van der Waals surface area contributed by atoms with Gasteiger partial charge in [0.1, 0.15) is 11.6 Å². The molecule has 0 unspecified atom stereocenters. The molecule has 2 rings (SSSR count). The zero-order chi connectivity index (χ0) is 17.4. The summed E-state index contributed by atoms with van der Waals surface area (Å²) in [5.74, 6) is -1.25. The number of carbonyl (C=O) groups excluding carboxylic acids is 1. The first-order chi connectivity index (χ1) is 11.6. The van der Waals surface area contributed by atoms with Crippen LogP contribution in [0.25, 0.3) is 0 Å². The second-order valence-electron chi connectivity index (χ2n) is 5.36. The van der Waals surface area contributed by atoms with Crippen LogP contribution in [0.1, 0.15) is 23.6 Å². The van der Waals surface area contributed by atoms with Crippen LogP contribution in [-0.2, 0) is 6.42 Å². The first-order valence-electron chi connectivity index (χ1n) is 7.74. The van der Waals surface area contributed by atoms with E-state index in [4.69, 9.17) is 5.11 Å². The maximum absolute atomic E-state index is 13.5. The van der Waals surface area contributed by atoms with Crippen molar-refractivity contribution in [3.63, 3.8) is 0 Å². The quantitative estimate of drug-likeness (QED) is 0.729. The molecule has 128 valence electrons. The summed E-state index contributed by atoms with van der Waals surface area (Å²) in [4.78, 5) is 12.0. The molecule has 0 aliphatic heterocycles. The molecule has 0 aromatic heterocycles. The first kappa shape index (κ1) is 17.9. The molecular formula is C18H20F2N2O2. The number of carbonyl (C=O) groups is 1. The average Bonchev–Trinajstić information content (AvgIpc) is 2.57. The van der Waals surface area contributed by atoms with Crippen molar-refractivity contribution in [1.82, 2.24) is 10.6 Å². The monoisotopic (exact) mass is 334 g/mol. The van der Waals surface area contributed by atoms with E-state index in [2.05, 4.69) is 10.6 Å². The van der Waals surface area contributed by atoms with Crippen LogP contribution >= 0.6 is 0 Å². The fourth-order valence-corrected chi connectivity index (χ4v) is 2.38. The van der Waals surface area contributed by atoms with Crippen molar-refractivity contribution in [2.75, 3.05) is 13.2 Å². The third kappa shape index (κ3) is 5.31. The highest BCUT2D eigenvalue weighted by molar-refractivity contribution is 5.74. The Kier molecular flexibility index (Phi) is 6.69. The Balaban J connectivity index is 1.85. The average molecular weight is 334 g/mol. The maximum atomic E-state index is 13.5. The first-order valence-corrected chi connectivity index (χ1v) is 7.74. The van der Waals surface area contributed by atoms with Gasteiger partial charge in [0, 0.05) is 19.2 Å². The van der Waals surface area contributed by atoms with E-state index < -0.39 is 17.7 Å². The molecule has 0 aliphatic rings. The Morgan fingerprint density at radius 3 is 2.54 bits per heavy atom. The zero-order valence-corrected chi connectivity index (χ0v) is 13.1. The topological polar surface area (TPSA) is 61.4 Å². The Labute approximate surface area is 139 Å². The van der Waals surface area contributed by atoms with Crippen molar-refractivity contribution in [3.05, 3.63) is 71.3 Å². The van der Waals surface area contributed by atoms with Crippen LogP contribution in [0.15, 0.2) is 48.5 Å². The molecule has 0 fully saturated rings. The number of halogens is 2. The van der Waals surface area contributed by atoms with E-state index in [-0.39, 0.29) is 25.6 Å². The lowest BCUT2D eigenvalue weighted by molar-refractivity contribution is 0.229. The largest absolute Gasteiger partial charge is 0.396 e. The molecule has 2 aromatic carbocycles. The van der Waals surface area contributed by atoms with Crippen molar-refractivity contribution in [1.29, 1.82) is 0 Å². The van der Waals surface area contributed by atoms with Gasteiger partial charge >= 0.3 is 6.03 Å². The SMILES string of the molecule is O=C(NCCc1ccc(F)cc1F)N[C@H](CCO)c1ccccc1. The summed E-state index contributed by atoms with van der Waals surface area (Å²) < 4.78 is 26.3. The molecule has 0 aliphatic carbocycles. The zero-order valence-electron chi connectivity index (χ0n) is 13.1. The van der Waals surface area contributed by atoms with Gasteiger partial charge in [0.05, 0.1) is 6.04 Å². The Bertz CT molecular complexity index is 665. The number of aliphatic hydroxyl groups excluding tert-OH is 1. The van der Waals surface area contributed by atoms with E-state index in [0.29, 0.717) is 12.0 Å². The van der Waals surface area contributed by atoms with Crippen LogP contribution in [0.2, 0.25) is 0 Å². The van der Waals surface area contributed by atoms with Crippen molar-refractivity contribution < 1.29 is 18.7 Å². The number of rotatable bonds is 7. The number of benzene rings is 2. The van der Waals surface area contributed by atoms with Crippen LogP contribution in [-0.4, -0.2) is 24.3 Å². The second-order valence-corrected chi connectivity index (χ2v) is 5.36. The number of aliphatic hydroxyl groups is 1. The van der Waals surface area contributed by atoms with E-state index >= 15 is 0 Å². The van der Waals surface area contributed by atoms with Gasteiger partial charge in [0.2, 0.25) is 0 Å². The number of amides is 2. The Morgan fingerprint density at radius 1 is 1.12 bits per heavy atom. The lowest BCUT2D eigenvalue weighted by Gasteiger charge is -2.18. The third-order valence-electron chi connectivity index (χ3n) is 3.62. The summed E-state index contributed by atoms with van der Waals surface area (Å²) in [5.41, 5.74) is 1.23. The van der Waals surface area contributed by atoms with Gasteiger partial charge in [-0.1, -0.05) is 36.4 Å². The van der Waals surface area contributed by atoms with Gasteiger partial charge in [-0.3, -0.25) is 0 Å². The van der Waals surface area contributed by atoms with Crippen LogP contribution in [0.3, 0.4) is 0 Å². The molecule has 24 heavy (non-hydrogen) atoms. The minimum Gasteiger partial charge on any atom is -0.396 e. The van der Waals surface area contributed by atoms with Crippen molar-refractivity contribution in [2.24, 2.45) is 0 Å². The van der Waals surface area contributed by atoms with Crippen molar-refractivity contribution in [3.8, 4) is 0 Å². The summed E-state index contributed by atoms with van der Waals surface area (Å²) in [5, 5.41) is 14.6. The van der Waals surface area contributed by atoms with Gasteiger partial charge < -0.3 is 15.7 Å². The smallest absolute Gasteiger partial charge is 0.315 e. The van der Waals surface area contributed by atoms with Crippen LogP contribution in [0, 0.1) is 11.6 Å². The molecule has 0 saturated carbocycles. The minimum atomic E-state index is -0.628. The highest BCUT2D eigenvalue weighted by Crippen LogP contribution is 2.15. The number of hydrogen-bond acceptors (Lipinski definition) is 2. The van der Waals surface area contributed by atoms with Crippen molar-refractivity contribution in [2.45, 2.75) is 18.9 Å². The van der Waals surface area contributed by atoms with Gasteiger partial charge in [-0.15, -0.1) is 0 Å². The van der Waals surface area contributed by atoms with Gasteiger partial charge in [0.15, 0.2) is 0 Å². The van der Waals surface area contributed by atoms with E-state index in [9.17, 15) is 13.6 Å². The molecule has 2 amide bonds. The van der Waals surface area contributed by atoms with Gasteiger partial charge in [-0.25, -0.2) is 13.6 Å². The minimum absolute atomic E-state index is 0.0549. The normalized spacial score (nSPS) is 11.8. The Hall–Kier alpha value is -2.47. The van der Waals surface area contributed by atoms with Gasteiger partial charge in [0.25, 0.3) is 0 Å². The van der Waals surface area contributed by atoms with Crippen LogP contribution in [0.4, 0.5) is 13.6 Å². The lowest BCUT2D eigenvalue weighted by atomic mass is 10.0. The fourth-order valence-electron chi connectivity index (χ4n) is 2.38. The number of nitrogens with one attached hydrogen (secondary N) is 2. The molecule has 2 aromatic rings. The standard InChI is InChI=1S/C18H20F2N2O2/c19-15-7-6-13(16(20)12-15)8-10-21-18(24)22-17(9-11-23)14-4-2-1-3-5-14/h1-7,12,17,23H,8-11H2,(H2,21,22,24)/t17-/m1/s1. The maximum Gasteiger partial charge on any atom is 0.315 e. The lowest BCUT2D eigenvalue weighted by Crippen LogP contribution is -2.39. The van der Waals surface area contributed by atoms with E-state index in [1.54, 1.807) is 0 Å². The molecule has 0 heterocycles. The molecule has 6 heteroatoms. The Morgan fingerprint density at radius 2 is 1.88 bits per heavy atom. The summed E-state index contributed by atoms with van der Waals surface area (Å²) in [6, 6.07) is 12.0. The summed E-state index contributed by atoms with van der Waals surface area (Å²) in [6.45, 7) is 0.162. The predicted molar refractivity (Wildman–Crippen MR) is 87.5 cm³/mol. The van der Waals surface area contributed by atoms with Gasteiger partial charge in [-0.2, -0.15) is 0 Å². The molecule has 0 saturated heterocycles. The molecule has 4 nitrogen and oxygen atoms in total. The molecular weight excluding hydrogens is 314 g/mol. The van der Waals surface area contributed by atoms with E-state index in [1.165, 1.54) is 12.1 Å². The van der Waals surface area contributed by atoms with Crippen LogP contribution < -0.4 is 10.6 Å². The summed E-state index contributed by atoms with van der Waals surface area (Å²) in [6.07, 6.45) is 0.652.